The highest BCUT2D eigenvalue weighted by Crippen LogP contribution is 2.28. The lowest BCUT2D eigenvalue weighted by molar-refractivity contribution is 0.121. The summed E-state index contributed by atoms with van der Waals surface area (Å²) < 4.78 is 5.28. The molecule has 0 aliphatic carbocycles. The highest BCUT2D eigenvalue weighted by atomic mass is 35.5. The fraction of sp³-hybridized carbons (Fsp3) is 0.400. The molecule has 2 N–H and O–H groups in total. The Bertz CT molecular complexity index is 299. The van der Waals surface area contributed by atoms with Crippen LogP contribution in [0.5, 0.6) is 5.75 Å². The van der Waals surface area contributed by atoms with Gasteiger partial charge < -0.3 is 14.9 Å². The van der Waals surface area contributed by atoms with E-state index in [1.165, 1.54) is 0 Å². The van der Waals surface area contributed by atoms with Gasteiger partial charge >= 0.3 is 0 Å². The van der Waals surface area contributed by atoms with E-state index in [4.69, 9.17) is 26.6 Å². The van der Waals surface area contributed by atoms with Gasteiger partial charge in [-0.1, -0.05) is 23.7 Å². The third kappa shape index (κ3) is 2.87. The molecule has 0 bridgehead atoms. The summed E-state index contributed by atoms with van der Waals surface area (Å²) in [7, 11) is 0. The van der Waals surface area contributed by atoms with Gasteiger partial charge in [-0.15, -0.1) is 0 Å². The van der Waals surface area contributed by atoms with E-state index in [1.54, 1.807) is 25.1 Å². The first-order chi connectivity index (χ1) is 6.65. The fourth-order valence-corrected chi connectivity index (χ4v) is 1.29. The molecule has 14 heavy (non-hydrogen) atoms. The van der Waals surface area contributed by atoms with Crippen LogP contribution in [0, 0.1) is 0 Å². The zero-order chi connectivity index (χ0) is 10.6. The predicted octanol–water partition coefficient (Wildman–Crippen LogP) is 1.59. The lowest BCUT2D eigenvalue weighted by Gasteiger charge is -2.12. The summed E-state index contributed by atoms with van der Waals surface area (Å²) in [5.41, 5.74) is 0.623. The molecule has 1 rings (SSSR count). The number of aliphatic hydroxyl groups excluding tert-OH is 2. The Morgan fingerprint density at radius 1 is 1.50 bits per heavy atom. The largest absolute Gasteiger partial charge is 0.489 e. The van der Waals surface area contributed by atoms with Crippen LogP contribution in [0.15, 0.2) is 18.2 Å². The Morgan fingerprint density at radius 3 is 2.79 bits per heavy atom. The molecule has 1 aromatic rings. The van der Waals surface area contributed by atoms with Crippen molar-refractivity contribution in [2.24, 2.45) is 0 Å². The zero-order valence-electron chi connectivity index (χ0n) is 7.90. The smallest absolute Gasteiger partial charge is 0.143 e. The Kier molecular flexibility index (Phi) is 4.20. The molecule has 1 atom stereocenters. The van der Waals surface area contributed by atoms with Crippen LogP contribution in [0.2, 0.25) is 5.02 Å². The second kappa shape index (κ2) is 5.20. The molecule has 0 aliphatic heterocycles. The van der Waals surface area contributed by atoms with Gasteiger partial charge in [0.15, 0.2) is 0 Å². The molecule has 1 aromatic carbocycles. The van der Waals surface area contributed by atoms with Crippen molar-refractivity contribution in [2.75, 3.05) is 6.61 Å². The second-order valence-corrected chi connectivity index (χ2v) is 3.45. The normalized spacial score (nSPS) is 12.6. The van der Waals surface area contributed by atoms with Gasteiger partial charge in [0.25, 0.3) is 0 Å². The van der Waals surface area contributed by atoms with Gasteiger partial charge in [-0.3, -0.25) is 0 Å². The van der Waals surface area contributed by atoms with E-state index < -0.39 is 6.10 Å². The summed E-state index contributed by atoms with van der Waals surface area (Å²) in [6.45, 7) is 1.65. The second-order valence-electron chi connectivity index (χ2n) is 3.05. The summed E-state index contributed by atoms with van der Waals surface area (Å²) in [6.07, 6.45) is -0.558. The minimum Gasteiger partial charge on any atom is -0.489 e. The van der Waals surface area contributed by atoms with Gasteiger partial charge in [0.1, 0.15) is 12.4 Å². The summed E-state index contributed by atoms with van der Waals surface area (Å²) in [6, 6.07) is 5.14. The Labute approximate surface area is 87.9 Å². The molecule has 1 unspecified atom stereocenters. The maximum atomic E-state index is 9.04. The van der Waals surface area contributed by atoms with Gasteiger partial charge in [-0.05, 0) is 13.0 Å². The molecule has 0 aliphatic rings. The van der Waals surface area contributed by atoms with Crippen molar-refractivity contribution < 1.29 is 14.9 Å². The van der Waals surface area contributed by atoms with E-state index in [0.29, 0.717) is 16.3 Å². The molecule has 0 heterocycles. The first-order valence-electron chi connectivity index (χ1n) is 4.34. The van der Waals surface area contributed by atoms with Crippen molar-refractivity contribution in [1.82, 2.24) is 0 Å². The lowest BCUT2D eigenvalue weighted by Crippen LogP contribution is -2.13. The molecule has 78 valence electrons. The SMILES string of the molecule is CC(O)COc1c(Cl)cccc1CO. The van der Waals surface area contributed by atoms with Gasteiger partial charge in [-0.2, -0.15) is 0 Å². The Morgan fingerprint density at radius 2 is 2.21 bits per heavy atom. The van der Waals surface area contributed by atoms with Crippen molar-refractivity contribution in [1.29, 1.82) is 0 Å². The molecule has 0 radical (unpaired) electrons. The minimum atomic E-state index is -0.558. The standard InChI is InChI=1S/C10H13ClO3/c1-7(13)6-14-10-8(5-12)3-2-4-9(10)11/h2-4,7,12-13H,5-6H2,1H3. The van der Waals surface area contributed by atoms with E-state index in [1.807, 2.05) is 0 Å². The molecule has 0 aromatic heterocycles. The number of rotatable bonds is 4. The molecule has 4 heteroatoms. The summed E-state index contributed by atoms with van der Waals surface area (Å²) >= 11 is 5.87. The van der Waals surface area contributed by atoms with Crippen LogP contribution in [0.4, 0.5) is 0 Å². The lowest BCUT2D eigenvalue weighted by atomic mass is 10.2. The number of halogens is 1. The zero-order valence-corrected chi connectivity index (χ0v) is 8.66. The number of ether oxygens (including phenoxy) is 1. The summed E-state index contributed by atoms with van der Waals surface area (Å²) in [5, 5.41) is 18.5. The molecule has 0 spiro atoms. The van der Waals surface area contributed by atoms with Crippen molar-refractivity contribution >= 4 is 11.6 Å². The van der Waals surface area contributed by atoms with Crippen LogP contribution in [0.25, 0.3) is 0 Å². The van der Waals surface area contributed by atoms with Crippen LogP contribution in [-0.4, -0.2) is 22.9 Å². The molecular formula is C10H13ClO3. The molecule has 0 saturated carbocycles. The highest BCUT2D eigenvalue weighted by Gasteiger charge is 2.08. The Balaban J connectivity index is 2.82. The summed E-state index contributed by atoms with van der Waals surface area (Å²) in [5.74, 6) is 0.442. The van der Waals surface area contributed by atoms with Gasteiger partial charge in [0.2, 0.25) is 0 Å². The van der Waals surface area contributed by atoms with Crippen LogP contribution < -0.4 is 4.74 Å². The molecular weight excluding hydrogens is 204 g/mol. The highest BCUT2D eigenvalue weighted by molar-refractivity contribution is 6.32. The third-order valence-electron chi connectivity index (χ3n) is 1.69. The van der Waals surface area contributed by atoms with E-state index in [9.17, 15) is 0 Å². The van der Waals surface area contributed by atoms with Gasteiger partial charge in [0.05, 0.1) is 17.7 Å². The van der Waals surface area contributed by atoms with Crippen molar-refractivity contribution in [2.45, 2.75) is 19.6 Å². The van der Waals surface area contributed by atoms with Crippen molar-refractivity contribution in [3.05, 3.63) is 28.8 Å². The maximum absolute atomic E-state index is 9.04. The van der Waals surface area contributed by atoms with Crippen molar-refractivity contribution in [3.8, 4) is 5.75 Å². The molecule has 0 fully saturated rings. The number of hydrogen-bond acceptors (Lipinski definition) is 3. The van der Waals surface area contributed by atoms with Crippen molar-refractivity contribution in [3.63, 3.8) is 0 Å². The molecule has 0 saturated heterocycles. The number of hydrogen-bond donors (Lipinski definition) is 2. The number of aliphatic hydroxyl groups is 2. The number of para-hydroxylation sites is 1. The average molecular weight is 217 g/mol. The molecule has 0 amide bonds. The number of benzene rings is 1. The quantitative estimate of drug-likeness (QED) is 0.804. The van der Waals surface area contributed by atoms with Gasteiger partial charge in [-0.25, -0.2) is 0 Å². The topological polar surface area (TPSA) is 49.7 Å². The van der Waals surface area contributed by atoms with Crippen LogP contribution in [0.1, 0.15) is 12.5 Å². The third-order valence-corrected chi connectivity index (χ3v) is 1.99. The van der Waals surface area contributed by atoms with E-state index in [2.05, 4.69) is 0 Å². The maximum Gasteiger partial charge on any atom is 0.143 e. The van der Waals surface area contributed by atoms with Crippen LogP contribution in [-0.2, 0) is 6.61 Å². The van der Waals surface area contributed by atoms with E-state index in [-0.39, 0.29) is 13.2 Å². The summed E-state index contributed by atoms with van der Waals surface area (Å²) in [4.78, 5) is 0. The van der Waals surface area contributed by atoms with Gasteiger partial charge in [0, 0.05) is 5.56 Å². The Hall–Kier alpha value is -0.770. The fourth-order valence-electron chi connectivity index (χ4n) is 1.04. The van der Waals surface area contributed by atoms with Crippen LogP contribution in [0.3, 0.4) is 0 Å². The molecule has 3 nitrogen and oxygen atoms in total. The minimum absolute atomic E-state index is 0.129. The van der Waals surface area contributed by atoms with E-state index in [0.717, 1.165) is 0 Å². The monoisotopic (exact) mass is 216 g/mol. The first-order valence-corrected chi connectivity index (χ1v) is 4.72. The first kappa shape index (κ1) is 11.3. The van der Waals surface area contributed by atoms with E-state index >= 15 is 0 Å². The predicted molar refractivity (Wildman–Crippen MR) is 54.6 cm³/mol. The van der Waals surface area contributed by atoms with Crippen LogP contribution >= 0.6 is 11.6 Å². The average Bonchev–Trinajstić information content (AvgIpc) is 2.15.